The Hall–Kier alpha value is -0.820. The van der Waals surface area contributed by atoms with Gasteiger partial charge in [-0.25, -0.2) is 8.78 Å². The summed E-state index contributed by atoms with van der Waals surface area (Å²) in [7, 11) is 0. The SMILES string of the molecule is O=[N+]([O-])c1c(CBr)ncc(Cl)c1C(F)F. The summed E-state index contributed by atoms with van der Waals surface area (Å²) in [4.78, 5) is 13.3. The molecule has 0 aliphatic carbocycles. The van der Waals surface area contributed by atoms with E-state index in [0.717, 1.165) is 6.20 Å². The van der Waals surface area contributed by atoms with E-state index in [9.17, 15) is 18.9 Å². The molecule has 0 spiro atoms. The number of nitro groups is 1. The highest BCUT2D eigenvalue weighted by Crippen LogP contribution is 2.36. The Bertz CT molecular complexity index is 403. The number of rotatable bonds is 3. The fourth-order valence-corrected chi connectivity index (χ4v) is 1.67. The lowest BCUT2D eigenvalue weighted by molar-refractivity contribution is -0.387. The van der Waals surface area contributed by atoms with E-state index in [1.807, 2.05) is 0 Å². The third-order valence-corrected chi connectivity index (χ3v) is 2.48. The second-order valence-electron chi connectivity index (χ2n) is 2.51. The van der Waals surface area contributed by atoms with Crippen LogP contribution in [0.2, 0.25) is 5.02 Å². The number of nitrogens with zero attached hydrogens (tertiary/aromatic N) is 2. The summed E-state index contributed by atoms with van der Waals surface area (Å²) in [6, 6.07) is 0. The normalized spacial score (nSPS) is 10.7. The standard InChI is InChI=1S/C7H4BrClF2N2O2/c8-1-4-6(13(14)15)5(7(10)11)3(9)2-12-4/h2,7H,1H2. The highest BCUT2D eigenvalue weighted by atomic mass is 79.9. The van der Waals surface area contributed by atoms with Crippen LogP contribution in [0.25, 0.3) is 0 Å². The van der Waals surface area contributed by atoms with Gasteiger partial charge in [0.1, 0.15) is 11.3 Å². The number of hydrogen-bond donors (Lipinski definition) is 0. The van der Waals surface area contributed by atoms with Crippen molar-refractivity contribution in [2.24, 2.45) is 0 Å². The monoisotopic (exact) mass is 300 g/mol. The van der Waals surface area contributed by atoms with Gasteiger partial charge in [0.15, 0.2) is 0 Å². The molecule has 1 rings (SSSR count). The summed E-state index contributed by atoms with van der Waals surface area (Å²) >= 11 is 8.36. The molecular weight excluding hydrogens is 297 g/mol. The Morgan fingerprint density at radius 3 is 2.67 bits per heavy atom. The van der Waals surface area contributed by atoms with E-state index in [1.165, 1.54) is 0 Å². The number of aromatic nitrogens is 1. The molecule has 0 radical (unpaired) electrons. The minimum absolute atomic E-state index is 0.0141. The van der Waals surface area contributed by atoms with Crippen molar-refractivity contribution in [1.29, 1.82) is 0 Å². The third kappa shape index (κ3) is 2.40. The van der Waals surface area contributed by atoms with Gasteiger partial charge in [0.2, 0.25) is 0 Å². The van der Waals surface area contributed by atoms with Crippen LogP contribution >= 0.6 is 27.5 Å². The second-order valence-corrected chi connectivity index (χ2v) is 3.47. The van der Waals surface area contributed by atoms with Crippen LogP contribution in [0.15, 0.2) is 6.20 Å². The lowest BCUT2D eigenvalue weighted by Crippen LogP contribution is -2.03. The van der Waals surface area contributed by atoms with E-state index in [-0.39, 0.29) is 11.0 Å². The maximum Gasteiger partial charge on any atom is 0.301 e. The number of pyridine rings is 1. The fraction of sp³-hybridized carbons (Fsp3) is 0.286. The molecule has 8 heteroatoms. The van der Waals surface area contributed by atoms with E-state index in [0.29, 0.717) is 0 Å². The van der Waals surface area contributed by atoms with Crippen LogP contribution in [0.5, 0.6) is 0 Å². The Morgan fingerprint density at radius 2 is 2.27 bits per heavy atom. The number of hydrogen-bond acceptors (Lipinski definition) is 3. The van der Waals surface area contributed by atoms with Gasteiger partial charge in [-0.3, -0.25) is 15.1 Å². The van der Waals surface area contributed by atoms with Crippen LogP contribution < -0.4 is 0 Å². The summed E-state index contributed by atoms with van der Waals surface area (Å²) in [6.45, 7) is 0. The Kier molecular flexibility index (Phi) is 3.92. The van der Waals surface area contributed by atoms with Gasteiger partial charge in [-0.15, -0.1) is 0 Å². The van der Waals surface area contributed by atoms with Gasteiger partial charge >= 0.3 is 5.69 Å². The zero-order valence-corrected chi connectivity index (χ0v) is 9.43. The molecule has 4 nitrogen and oxygen atoms in total. The summed E-state index contributed by atoms with van der Waals surface area (Å²) in [5, 5.41) is 10.2. The van der Waals surface area contributed by atoms with Crippen molar-refractivity contribution in [3.8, 4) is 0 Å². The molecule has 1 aromatic rings. The molecule has 0 N–H and O–H groups in total. The van der Waals surface area contributed by atoms with E-state index in [4.69, 9.17) is 11.6 Å². The quantitative estimate of drug-likeness (QED) is 0.488. The van der Waals surface area contributed by atoms with E-state index < -0.39 is 27.6 Å². The van der Waals surface area contributed by atoms with Crippen molar-refractivity contribution in [3.05, 3.63) is 32.6 Å². The molecular formula is C7H4BrClF2N2O2. The van der Waals surface area contributed by atoms with Crippen LogP contribution in [0.3, 0.4) is 0 Å². The molecule has 0 amide bonds. The molecule has 82 valence electrons. The first-order valence-electron chi connectivity index (χ1n) is 3.64. The van der Waals surface area contributed by atoms with Crippen molar-refractivity contribution >= 4 is 33.2 Å². The van der Waals surface area contributed by atoms with Gasteiger partial charge < -0.3 is 0 Å². The van der Waals surface area contributed by atoms with E-state index in [1.54, 1.807) is 0 Å². The number of alkyl halides is 3. The maximum atomic E-state index is 12.5. The first-order chi connectivity index (χ1) is 6.99. The first kappa shape index (κ1) is 12.3. The maximum absolute atomic E-state index is 12.5. The highest BCUT2D eigenvalue weighted by molar-refractivity contribution is 9.08. The summed E-state index contributed by atoms with van der Waals surface area (Å²) in [5.41, 5.74) is -1.58. The smallest absolute Gasteiger partial charge is 0.258 e. The fourth-order valence-electron chi connectivity index (χ4n) is 1.04. The first-order valence-corrected chi connectivity index (χ1v) is 5.14. The minimum Gasteiger partial charge on any atom is -0.258 e. The third-order valence-electron chi connectivity index (χ3n) is 1.65. The predicted molar refractivity (Wildman–Crippen MR) is 53.5 cm³/mol. The molecule has 0 aromatic carbocycles. The van der Waals surface area contributed by atoms with Gasteiger partial charge in [-0.05, 0) is 0 Å². The Balaban J connectivity index is 3.51. The molecule has 15 heavy (non-hydrogen) atoms. The minimum atomic E-state index is -3.00. The molecule has 0 aliphatic rings. The average molecular weight is 301 g/mol. The predicted octanol–water partition coefficient (Wildman–Crippen LogP) is 3.48. The van der Waals surface area contributed by atoms with Gasteiger partial charge in [0.25, 0.3) is 6.43 Å². The zero-order valence-electron chi connectivity index (χ0n) is 7.08. The molecule has 0 fully saturated rings. The molecule has 0 atom stereocenters. The molecule has 1 aromatic heterocycles. The van der Waals surface area contributed by atoms with Gasteiger partial charge in [-0.1, -0.05) is 27.5 Å². The average Bonchev–Trinajstić information content (AvgIpc) is 2.16. The summed E-state index contributed by atoms with van der Waals surface area (Å²) < 4.78 is 25.1. The van der Waals surface area contributed by atoms with Gasteiger partial charge in [0, 0.05) is 6.20 Å². The van der Waals surface area contributed by atoms with Crippen LogP contribution in [0.4, 0.5) is 14.5 Å². The molecule has 1 heterocycles. The van der Waals surface area contributed by atoms with Crippen LogP contribution in [0.1, 0.15) is 17.7 Å². The topological polar surface area (TPSA) is 56.0 Å². The molecule has 0 saturated heterocycles. The molecule has 0 bridgehead atoms. The summed E-state index contributed by atoms with van der Waals surface area (Å²) in [6.07, 6.45) is -2.02. The van der Waals surface area contributed by atoms with Crippen LogP contribution in [-0.2, 0) is 5.33 Å². The van der Waals surface area contributed by atoms with Crippen molar-refractivity contribution in [2.45, 2.75) is 11.8 Å². The Morgan fingerprint density at radius 1 is 1.67 bits per heavy atom. The highest BCUT2D eigenvalue weighted by Gasteiger charge is 2.29. The van der Waals surface area contributed by atoms with E-state index >= 15 is 0 Å². The van der Waals surface area contributed by atoms with Gasteiger partial charge in [0.05, 0.1) is 15.3 Å². The molecule has 0 saturated carbocycles. The number of halogens is 4. The van der Waals surface area contributed by atoms with Crippen LogP contribution in [-0.4, -0.2) is 9.91 Å². The second kappa shape index (κ2) is 4.80. The lowest BCUT2D eigenvalue weighted by Gasteiger charge is -2.06. The Labute approximate surface area is 96.5 Å². The van der Waals surface area contributed by atoms with Crippen molar-refractivity contribution in [2.75, 3.05) is 0 Å². The molecule has 0 unspecified atom stereocenters. The van der Waals surface area contributed by atoms with E-state index in [2.05, 4.69) is 20.9 Å². The van der Waals surface area contributed by atoms with Gasteiger partial charge in [-0.2, -0.15) is 0 Å². The summed E-state index contributed by atoms with van der Waals surface area (Å²) in [5.74, 6) is 0. The lowest BCUT2D eigenvalue weighted by atomic mass is 10.2. The largest absolute Gasteiger partial charge is 0.301 e. The van der Waals surface area contributed by atoms with Crippen LogP contribution in [0, 0.1) is 10.1 Å². The zero-order chi connectivity index (χ0) is 11.6. The van der Waals surface area contributed by atoms with Crippen molar-refractivity contribution in [1.82, 2.24) is 4.98 Å². The van der Waals surface area contributed by atoms with Crippen molar-refractivity contribution < 1.29 is 13.7 Å². The molecule has 0 aliphatic heterocycles. The van der Waals surface area contributed by atoms with Crippen molar-refractivity contribution in [3.63, 3.8) is 0 Å².